The molecule has 0 unspecified atom stereocenters. The van der Waals surface area contributed by atoms with Crippen molar-refractivity contribution in [2.24, 2.45) is 0 Å². The Balaban J connectivity index is 2.29. The summed E-state index contributed by atoms with van der Waals surface area (Å²) in [5.74, 6) is 0.414. The molecule has 122 valence electrons. The highest BCUT2D eigenvalue weighted by molar-refractivity contribution is 7.85. The third-order valence-corrected chi connectivity index (χ3v) is 3.85. The molecule has 0 aliphatic rings. The number of hydrogen-bond acceptors (Lipinski definition) is 5. The lowest BCUT2D eigenvalue weighted by molar-refractivity contribution is 0.102. The Labute approximate surface area is 133 Å². The minimum Gasteiger partial charge on any atom is -0.497 e. The van der Waals surface area contributed by atoms with Crippen molar-refractivity contribution in [3.63, 3.8) is 0 Å². The maximum Gasteiger partial charge on any atom is 0.294 e. The summed E-state index contributed by atoms with van der Waals surface area (Å²) < 4.78 is 41.4. The van der Waals surface area contributed by atoms with Gasteiger partial charge in [-0.15, -0.1) is 0 Å². The van der Waals surface area contributed by atoms with E-state index in [4.69, 9.17) is 14.0 Å². The molecule has 8 heteroatoms. The van der Waals surface area contributed by atoms with Crippen molar-refractivity contribution in [3.8, 4) is 11.5 Å². The van der Waals surface area contributed by atoms with Crippen LogP contribution in [0.15, 0.2) is 47.4 Å². The molecule has 0 aliphatic carbocycles. The van der Waals surface area contributed by atoms with Crippen LogP contribution in [-0.4, -0.2) is 33.1 Å². The molecule has 2 aromatic rings. The van der Waals surface area contributed by atoms with Crippen molar-refractivity contribution in [1.82, 2.24) is 0 Å². The molecule has 0 saturated carbocycles. The van der Waals surface area contributed by atoms with Crippen LogP contribution in [0, 0.1) is 0 Å². The van der Waals surface area contributed by atoms with Crippen molar-refractivity contribution in [2.45, 2.75) is 4.90 Å². The van der Waals surface area contributed by atoms with E-state index in [2.05, 4.69) is 5.32 Å². The van der Waals surface area contributed by atoms with Crippen molar-refractivity contribution in [2.75, 3.05) is 19.5 Å². The van der Waals surface area contributed by atoms with Gasteiger partial charge in [0.15, 0.2) is 0 Å². The van der Waals surface area contributed by atoms with Crippen LogP contribution in [0.25, 0.3) is 0 Å². The molecule has 2 aromatic carbocycles. The van der Waals surface area contributed by atoms with Gasteiger partial charge >= 0.3 is 0 Å². The molecule has 7 nitrogen and oxygen atoms in total. The minimum atomic E-state index is -4.34. The zero-order valence-electron chi connectivity index (χ0n) is 12.4. The number of benzene rings is 2. The maximum absolute atomic E-state index is 12.3. The van der Waals surface area contributed by atoms with Crippen LogP contribution in [0.5, 0.6) is 11.5 Å². The number of nitrogens with one attached hydrogen (secondary N) is 1. The normalized spacial score (nSPS) is 10.9. The minimum absolute atomic E-state index is 0.229. The molecule has 0 bridgehead atoms. The molecule has 0 radical (unpaired) electrons. The van der Waals surface area contributed by atoms with Gasteiger partial charge in [0.05, 0.1) is 19.1 Å². The van der Waals surface area contributed by atoms with Crippen LogP contribution in [-0.2, 0) is 10.1 Å². The van der Waals surface area contributed by atoms with E-state index in [1.54, 1.807) is 6.07 Å². The Kier molecular flexibility index (Phi) is 4.87. The number of rotatable bonds is 5. The summed E-state index contributed by atoms with van der Waals surface area (Å²) in [5.41, 5.74) is 0.505. The first-order valence-corrected chi connectivity index (χ1v) is 7.89. The first-order valence-electron chi connectivity index (χ1n) is 6.45. The van der Waals surface area contributed by atoms with E-state index >= 15 is 0 Å². The number of methoxy groups -OCH3 is 2. The number of carbonyl (C=O) groups is 1. The number of anilines is 1. The van der Waals surface area contributed by atoms with Crippen LogP contribution in [0.4, 0.5) is 5.69 Å². The Morgan fingerprint density at radius 3 is 2.17 bits per heavy atom. The molecule has 0 aliphatic heterocycles. The van der Waals surface area contributed by atoms with E-state index in [-0.39, 0.29) is 16.1 Å². The quantitative estimate of drug-likeness (QED) is 0.811. The van der Waals surface area contributed by atoms with Crippen molar-refractivity contribution in [3.05, 3.63) is 48.0 Å². The van der Waals surface area contributed by atoms with Gasteiger partial charge in [0.2, 0.25) is 0 Å². The van der Waals surface area contributed by atoms with E-state index in [0.29, 0.717) is 11.5 Å². The number of carbonyl (C=O) groups excluding carboxylic acids is 1. The second-order valence-electron chi connectivity index (χ2n) is 4.56. The summed E-state index contributed by atoms with van der Waals surface area (Å²) in [4.78, 5) is 12.0. The van der Waals surface area contributed by atoms with Crippen LogP contribution in [0.3, 0.4) is 0 Å². The summed E-state index contributed by atoms with van der Waals surface area (Å²) in [6.45, 7) is 0. The third-order valence-electron chi connectivity index (χ3n) is 3.00. The van der Waals surface area contributed by atoms with Gasteiger partial charge < -0.3 is 14.8 Å². The molecule has 23 heavy (non-hydrogen) atoms. The Morgan fingerprint density at radius 2 is 1.65 bits per heavy atom. The highest BCUT2D eigenvalue weighted by atomic mass is 32.2. The van der Waals surface area contributed by atoms with Crippen molar-refractivity contribution >= 4 is 21.7 Å². The van der Waals surface area contributed by atoms with Gasteiger partial charge in [-0.05, 0) is 30.3 Å². The SMILES string of the molecule is COc1cc(OC)cc(C(=O)Nc2cccc(S(=O)(=O)O)c2)c1. The molecular formula is C15H15NO6S. The lowest BCUT2D eigenvalue weighted by Crippen LogP contribution is -2.12. The number of ether oxygens (including phenoxy) is 2. The summed E-state index contributed by atoms with van der Waals surface area (Å²) >= 11 is 0. The fourth-order valence-corrected chi connectivity index (χ4v) is 2.40. The zero-order valence-corrected chi connectivity index (χ0v) is 13.3. The molecule has 0 atom stereocenters. The first kappa shape index (κ1) is 16.8. The summed E-state index contributed by atoms with van der Waals surface area (Å²) in [6, 6.07) is 9.95. The lowest BCUT2D eigenvalue weighted by atomic mass is 10.2. The second kappa shape index (κ2) is 6.67. The van der Waals surface area contributed by atoms with E-state index in [0.717, 1.165) is 6.07 Å². The predicted molar refractivity (Wildman–Crippen MR) is 83.8 cm³/mol. The summed E-state index contributed by atoms with van der Waals surface area (Å²) in [7, 11) is -1.41. The number of hydrogen-bond donors (Lipinski definition) is 2. The molecule has 0 saturated heterocycles. The summed E-state index contributed by atoms with van der Waals surface area (Å²) in [6.07, 6.45) is 0. The van der Waals surface area contributed by atoms with E-state index < -0.39 is 16.0 Å². The van der Waals surface area contributed by atoms with Crippen molar-refractivity contribution < 1.29 is 27.2 Å². The summed E-state index contributed by atoms with van der Waals surface area (Å²) in [5, 5.41) is 2.55. The zero-order chi connectivity index (χ0) is 17.0. The van der Waals surface area contributed by atoms with E-state index in [1.165, 1.54) is 44.6 Å². The fraction of sp³-hybridized carbons (Fsp3) is 0.133. The average molecular weight is 337 g/mol. The molecular weight excluding hydrogens is 322 g/mol. The molecule has 2 N–H and O–H groups in total. The fourth-order valence-electron chi connectivity index (χ4n) is 1.88. The molecule has 0 heterocycles. The standard InChI is InChI=1S/C15H15NO6S/c1-21-12-6-10(7-13(9-12)22-2)15(17)16-11-4-3-5-14(8-11)23(18,19)20/h3-9H,1-2H3,(H,16,17)(H,18,19,20). The van der Waals surface area contributed by atoms with Crippen LogP contribution in [0.2, 0.25) is 0 Å². The van der Waals surface area contributed by atoms with Gasteiger partial charge in [0.25, 0.3) is 16.0 Å². The van der Waals surface area contributed by atoms with Gasteiger partial charge in [0, 0.05) is 17.3 Å². The van der Waals surface area contributed by atoms with Crippen LogP contribution < -0.4 is 14.8 Å². The Hall–Kier alpha value is -2.58. The highest BCUT2D eigenvalue weighted by Crippen LogP contribution is 2.23. The topological polar surface area (TPSA) is 102 Å². The molecule has 1 amide bonds. The Morgan fingerprint density at radius 1 is 1.04 bits per heavy atom. The monoisotopic (exact) mass is 337 g/mol. The average Bonchev–Trinajstić information content (AvgIpc) is 2.53. The molecule has 2 rings (SSSR count). The first-order chi connectivity index (χ1) is 10.8. The molecule has 0 aromatic heterocycles. The Bertz CT molecular complexity index is 809. The lowest BCUT2D eigenvalue weighted by Gasteiger charge is -2.09. The highest BCUT2D eigenvalue weighted by Gasteiger charge is 2.13. The van der Waals surface area contributed by atoms with Gasteiger partial charge in [-0.2, -0.15) is 8.42 Å². The van der Waals surface area contributed by atoms with Crippen molar-refractivity contribution in [1.29, 1.82) is 0 Å². The van der Waals surface area contributed by atoms with Gasteiger partial charge in [-0.3, -0.25) is 9.35 Å². The van der Waals surface area contributed by atoms with E-state index in [9.17, 15) is 13.2 Å². The molecule has 0 spiro atoms. The smallest absolute Gasteiger partial charge is 0.294 e. The third kappa shape index (κ3) is 4.21. The van der Waals surface area contributed by atoms with Crippen LogP contribution >= 0.6 is 0 Å². The van der Waals surface area contributed by atoms with E-state index in [1.807, 2.05) is 0 Å². The molecule has 0 fully saturated rings. The number of amides is 1. The second-order valence-corrected chi connectivity index (χ2v) is 5.98. The predicted octanol–water partition coefficient (Wildman–Crippen LogP) is 2.20. The van der Waals surface area contributed by atoms with Gasteiger partial charge in [-0.25, -0.2) is 0 Å². The van der Waals surface area contributed by atoms with Gasteiger partial charge in [0.1, 0.15) is 11.5 Å². The maximum atomic E-state index is 12.3. The largest absolute Gasteiger partial charge is 0.497 e. The van der Waals surface area contributed by atoms with Crippen LogP contribution in [0.1, 0.15) is 10.4 Å². The van der Waals surface area contributed by atoms with Gasteiger partial charge in [-0.1, -0.05) is 6.07 Å².